The number of benzene rings is 3. The Bertz CT molecular complexity index is 1330. The topological polar surface area (TPSA) is 55.8 Å². The molecule has 0 saturated carbocycles. The maximum absolute atomic E-state index is 14.1. The van der Waals surface area contributed by atoms with Crippen LogP contribution in [0.2, 0.25) is 10.0 Å². The summed E-state index contributed by atoms with van der Waals surface area (Å²) in [6.07, 6.45) is -0.225. The van der Waals surface area contributed by atoms with E-state index in [2.05, 4.69) is 14.1 Å². The molecule has 1 amide bonds. The number of hydrogen-bond acceptors (Lipinski definition) is 5. The number of esters is 1. The molecule has 3 aromatic rings. The first-order chi connectivity index (χ1) is 18.6. The van der Waals surface area contributed by atoms with E-state index in [0.717, 1.165) is 34.7 Å². The van der Waals surface area contributed by atoms with Crippen LogP contribution in [0.3, 0.4) is 0 Å². The van der Waals surface area contributed by atoms with E-state index in [4.69, 9.17) is 32.7 Å². The second-order valence-corrected chi connectivity index (χ2v) is 12.1. The maximum Gasteiger partial charge on any atom is 0.303 e. The van der Waals surface area contributed by atoms with Gasteiger partial charge in [-0.25, -0.2) is 0 Å². The molecule has 0 bridgehead atoms. The van der Waals surface area contributed by atoms with E-state index in [-0.39, 0.29) is 5.91 Å². The average molecular weight is 589 g/mol. The van der Waals surface area contributed by atoms with Crippen molar-refractivity contribution in [1.82, 2.24) is 0 Å². The van der Waals surface area contributed by atoms with Crippen molar-refractivity contribution in [2.45, 2.75) is 29.6 Å². The molecule has 1 heterocycles. The van der Waals surface area contributed by atoms with Gasteiger partial charge in [-0.1, -0.05) is 59.6 Å². The van der Waals surface area contributed by atoms with Gasteiger partial charge in [-0.2, -0.15) is 0 Å². The Kier molecular flexibility index (Phi) is 9.49. The van der Waals surface area contributed by atoms with Gasteiger partial charge in [0.05, 0.1) is 61.8 Å². The third kappa shape index (κ3) is 7.09. The number of anilines is 1. The van der Waals surface area contributed by atoms with Gasteiger partial charge in [0.2, 0.25) is 0 Å². The Morgan fingerprint density at radius 2 is 1.72 bits per heavy atom. The lowest BCUT2D eigenvalue weighted by molar-refractivity contribution is -0.888. The average Bonchev–Trinajstić information content (AvgIpc) is 3.02. The number of rotatable bonds is 9. The second kappa shape index (κ2) is 12.6. The highest BCUT2D eigenvalue weighted by molar-refractivity contribution is 7.99. The molecule has 0 unspecified atom stereocenters. The van der Waals surface area contributed by atoms with E-state index < -0.39 is 17.3 Å². The number of fused-ring (bicyclic) bond motifs is 1. The summed E-state index contributed by atoms with van der Waals surface area (Å²) in [5.41, 5.74) is 2.70. The monoisotopic (exact) mass is 587 g/mol. The molecule has 206 valence electrons. The van der Waals surface area contributed by atoms with Crippen molar-refractivity contribution in [3.8, 4) is 5.75 Å². The van der Waals surface area contributed by atoms with Crippen LogP contribution in [0.15, 0.2) is 71.6 Å². The van der Waals surface area contributed by atoms with Gasteiger partial charge >= 0.3 is 5.97 Å². The van der Waals surface area contributed by atoms with Gasteiger partial charge in [-0.15, -0.1) is 11.8 Å². The first kappa shape index (κ1) is 29.3. The van der Waals surface area contributed by atoms with Gasteiger partial charge < -0.3 is 18.9 Å². The standard InChI is InChI=1S/C30H33Cl2N2O4S/c1-20(35)38-28-29(22-12-14-23(37-4)15-13-22)39-26-11-6-5-10-25(26)33(30(28)36)17-19-34(2,3)18-16-21-8-7-9-24(31)27(21)32/h5-15,28-29H,16-19H2,1-4H3/q+1/t28-,29+/m0/s1. The minimum Gasteiger partial charge on any atom is -0.497 e. The van der Waals surface area contributed by atoms with Gasteiger partial charge in [0.25, 0.3) is 5.91 Å². The lowest BCUT2D eigenvalue weighted by Crippen LogP contribution is -2.50. The highest BCUT2D eigenvalue weighted by Crippen LogP contribution is 2.47. The Morgan fingerprint density at radius 1 is 1.00 bits per heavy atom. The van der Waals surface area contributed by atoms with Crippen molar-refractivity contribution in [3.63, 3.8) is 0 Å². The fourth-order valence-corrected chi connectivity index (χ4v) is 6.32. The fourth-order valence-electron chi connectivity index (χ4n) is 4.59. The third-order valence-corrected chi connectivity index (χ3v) is 9.11. The van der Waals surface area contributed by atoms with E-state index in [1.165, 1.54) is 18.7 Å². The van der Waals surface area contributed by atoms with Crippen LogP contribution in [-0.4, -0.2) is 63.3 Å². The summed E-state index contributed by atoms with van der Waals surface area (Å²) in [5, 5.41) is 0.721. The predicted molar refractivity (Wildman–Crippen MR) is 158 cm³/mol. The van der Waals surface area contributed by atoms with Gasteiger partial charge in [0, 0.05) is 18.2 Å². The molecule has 6 nitrogen and oxygen atoms in total. The Hall–Kier alpha value is -2.71. The number of carbonyl (C=O) groups excluding carboxylic acids is 2. The summed E-state index contributed by atoms with van der Waals surface area (Å²) < 4.78 is 11.7. The predicted octanol–water partition coefficient (Wildman–Crippen LogP) is 6.43. The van der Waals surface area contributed by atoms with Crippen molar-refractivity contribution >= 4 is 52.5 Å². The summed E-state index contributed by atoms with van der Waals surface area (Å²) >= 11 is 14.1. The molecule has 0 aliphatic carbocycles. The molecule has 0 fully saturated rings. The number of ether oxygens (including phenoxy) is 2. The Morgan fingerprint density at radius 3 is 2.41 bits per heavy atom. The number of nitrogens with zero attached hydrogens (tertiary/aromatic N) is 2. The van der Waals surface area contributed by atoms with Gasteiger partial charge in [0.15, 0.2) is 6.10 Å². The molecule has 2 atom stereocenters. The van der Waals surface area contributed by atoms with E-state index >= 15 is 0 Å². The highest BCUT2D eigenvalue weighted by Gasteiger charge is 2.41. The van der Waals surface area contributed by atoms with Gasteiger partial charge in [-0.3, -0.25) is 9.59 Å². The highest BCUT2D eigenvalue weighted by atomic mass is 35.5. The molecule has 1 aliphatic heterocycles. The van der Waals surface area contributed by atoms with Crippen LogP contribution in [0.5, 0.6) is 5.75 Å². The lowest BCUT2D eigenvalue weighted by Gasteiger charge is -2.34. The van der Waals surface area contributed by atoms with Crippen LogP contribution in [0.4, 0.5) is 5.69 Å². The van der Waals surface area contributed by atoms with Gasteiger partial charge in [-0.05, 0) is 41.5 Å². The van der Waals surface area contributed by atoms with Crippen LogP contribution in [0, 0.1) is 0 Å². The summed E-state index contributed by atoms with van der Waals surface area (Å²) in [6, 6.07) is 21.1. The fraction of sp³-hybridized carbons (Fsp3) is 0.333. The quantitative estimate of drug-likeness (QED) is 0.213. The third-order valence-electron chi connectivity index (χ3n) is 6.88. The first-order valence-corrected chi connectivity index (χ1v) is 14.4. The van der Waals surface area contributed by atoms with Crippen molar-refractivity contribution in [1.29, 1.82) is 0 Å². The molecular formula is C30H33Cl2N2O4S+. The van der Waals surface area contributed by atoms with Crippen LogP contribution in [0.1, 0.15) is 23.3 Å². The van der Waals surface area contributed by atoms with Crippen molar-refractivity contribution in [2.24, 2.45) is 0 Å². The minimum atomic E-state index is -0.978. The van der Waals surface area contributed by atoms with E-state index in [1.807, 2.05) is 60.7 Å². The Labute approximate surface area is 244 Å². The number of amides is 1. The van der Waals surface area contributed by atoms with Crippen molar-refractivity contribution < 1.29 is 23.5 Å². The number of para-hydroxylation sites is 1. The maximum atomic E-state index is 14.1. The van der Waals surface area contributed by atoms with Crippen LogP contribution in [0.25, 0.3) is 0 Å². The summed E-state index contributed by atoms with van der Waals surface area (Å²) in [4.78, 5) is 29.0. The minimum absolute atomic E-state index is 0.235. The number of carbonyl (C=O) groups is 2. The molecule has 0 aromatic heterocycles. The van der Waals surface area contributed by atoms with E-state index in [0.29, 0.717) is 33.4 Å². The van der Waals surface area contributed by atoms with Crippen LogP contribution >= 0.6 is 35.0 Å². The number of hydrogen-bond donors (Lipinski definition) is 0. The molecule has 3 aromatic carbocycles. The molecule has 0 radical (unpaired) electrons. The molecular weight excluding hydrogens is 555 g/mol. The normalized spacial score (nSPS) is 17.4. The number of methoxy groups -OCH3 is 1. The van der Waals surface area contributed by atoms with Crippen LogP contribution in [-0.2, 0) is 20.7 Å². The molecule has 4 rings (SSSR count). The summed E-state index contributed by atoms with van der Waals surface area (Å²) in [7, 11) is 5.87. The largest absolute Gasteiger partial charge is 0.497 e. The zero-order chi connectivity index (χ0) is 28.2. The van der Waals surface area contributed by atoms with E-state index in [1.54, 1.807) is 18.1 Å². The molecule has 9 heteroatoms. The number of thioether (sulfide) groups is 1. The second-order valence-electron chi connectivity index (χ2n) is 10.1. The number of quaternary nitrogens is 1. The van der Waals surface area contributed by atoms with Crippen molar-refractivity contribution in [3.05, 3.63) is 87.9 Å². The zero-order valence-electron chi connectivity index (χ0n) is 22.5. The molecule has 1 aliphatic rings. The Balaban J connectivity index is 1.60. The van der Waals surface area contributed by atoms with Gasteiger partial charge in [0.1, 0.15) is 5.75 Å². The SMILES string of the molecule is COc1ccc([C@H]2Sc3ccccc3N(CC[N+](C)(C)CCc3cccc(Cl)c3Cl)C(=O)[C@H]2OC(C)=O)cc1. The lowest BCUT2D eigenvalue weighted by atomic mass is 10.1. The molecule has 39 heavy (non-hydrogen) atoms. The smallest absolute Gasteiger partial charge is 0.303 e. The first-order valence-electron chi connectivity index (χ1n) is 12.7. The zero-order valence-corrected chi connectivity index (χ0v) is 24.9. The summed E-state index contributed by atoms with van der Waals surface area (Å²) in [6.45, 7) is 3.29. The number of likely N-dealkylation sites (N-methyl/N-ethyl adjacent to an activating group) is 1. The van der Waals surface area contributed by atoms with Crippen LogP contribution < -0.4 is 9.64 Å². The molecule has 0 spiro atoms. The summed E-state index contributed by atoms with van der Waals surface area (Å²) in [5.74, 6) is -0.0111. The molecule has 0 N–H and O–H groups in total. The number of halogens is 2. The van der Waals surface area contributed by atoms with Crippen molar-refractivity contribution in [2.75, 3.05) is 45.7 Å². The van der Waals surface area contributed by atoms with E-state index in [9.17, 15) is 9.59 Å². The molecule has 0 saturated heterocycles.